The fourth-order valence-corrected chi connectivity index (χ4v) is 2.36. The molecular formula is C11H20N4. The van der Waals surface area contributed by atoms with E-state index in [0.29, 0.717) is 12.0 Å². The maximum Gasteiger partial charge on any atom is 0.0536 e. The van der Waals surface area contributed by atoms with Crippen molar-refractivity contribution in [3.8, 4) is 0 Å². The van der Waals surface area contributed by atoms with Crippen LogP contribution in [-0.2, 0) is 6.54 Å². The lowest BCUT2D eigenvalue weighted by molar-refractivity contribution is 0.249. The summed E-state index contributed by atoms with van der Waals surface area (Å²) in [5.74, 6) is 0.692. The Bertz CT molecular complexity index is 283. The molecule has 0 spiro atoms. The maximum atomic E-state index is 5.70. The monoisotopic (exact) mass is 208 g/mol. The van der Waals surface area contributed by atoms with E-state index in [1.807, 2.05) is 23.1 Å². The van der Waals surface area contributed by atoms with Gasteiger partial charge in [-0.2, -0.15) is 5.10 Å². The van der Waals surface area contributed by atoms with Gasteiger partial charge in [-0.05, 0) is 31.9 Å². The molecule has 15 heavy (non-hydrogen) atoms. The normalized spacial score (nSPS) is 27.3. The molecule has 0 bridgehead atoms. The number of hydrogen-bond donors (Lipinski definition) is 1. The van der Waals surface area contributed by atoms with Crippen molar-refractivity contribution in [2.24, 2.45) is 11.7 Å². The molecule has 2 unspecified atom stereocenters. The summed E-state index contributed by atoms with van der Waals surface area (Å²) in [6, 6.07) is 2.64. The zero-order chi connectivity index (χ0) is 10.7. The molecule has 1 aromatic heterocycles. The zero-order valence-electron chi connectivity index (χ0n) is 9.34. The summed E-state index contributed by atoms with van der Waals surface area (Å²) in [7, 11) is 0. The van der Waals surface area contributed by atoms with E-state index in [2.05, 4.69) is 16.9 Å². The average molecular weight is 208 g/mol. The molecule has 4 heteroatoms. The second kappa shape index (κ2) is 4.77. The Hall–Kier alpha value is -0.870. The molecule has 2 heterocycles. The fraction of sp³-hybridized carbons (Fsp3) is 0.727. The van der Waals surface area contributed by atoms with Gasteiger partial charge in [-0.1, -0.05) is 0 Å². The van der Waals surface area contributed by atoms with Crippen molar-refractivity contribution in [3.63, 3.8) is 0 Å². The number of hydrogen-bond acceptors (Lipinski definition) is 3. The summed E-state index contributed by atoms with van der Waals surface area (Å²) < 4.78 is 1.99. The van der Waals surface area contributed by atoms with Crippen LogP contribution in [-0.4, -0.2) is 40.4 Å². The third kappa shape index (κ3) is 2.58. The number of nitrogens with zero attached hydrogens (tertiary/aromatic N) is 3. The van der Waals surface area contributed by atoms with Gasteiger partial charge < -0.3 is 5.73 Å². The topological polar surface area (TPSA) is 47.1 Å². The predicted molar refractivity (Wildman–Crippen MR) is 60.4 cm³/mol. The quantitative estimate of drug-likeness (QED) is 0.786. The highest BCUT2D eigenvalue weighted by atomic mass is 15.3. The smallest absolute Gasteiger partial charge is 0.0536 e. The first-order valence-electron chi connectivity index (χ1n) is 5.71. The Morgan fingerprint density at radius 1 is 1.47 bits per heavy atom. The Morgan fingerprint density at radius 2 is 2.33 bits per heavy atom. The van der Waals surface area contributed by atoms with Crippen LogP contribution in [0.3, 0.4) is 0 Å². The second-order valence-electron chi connectivity index (χ2n) is 4.45. The predicted octanol–water partition coefficient (Wildman–Crippen LogP) is 0.552. The molecule has 2 rings (SSSR count). The highest BCUT2D eigenvalue weighted by Gasteiger charge is 2.27. The molecule has 1 aromatic rings. The summed E-state index contributed by atoms with van der Waals surface area (Å²) in [6.45, 7) is 6.33. The first kappa shape index (κ1) is 10.6. The lowest BCUT2D eigenvalue weighted by Gasteiger charge is -2.20. The molecule has 1 aliphatic heterocycles. The third-order valence-electron chi connectivity index (χ3n) is 3.30. The molecule has 2 atom stereocenters. The summed E-state index contributed by atoms with van der Waals surface area (Å²) >= 11 is 0. The van der Waals surface area contributed by atoms with E-state index in [1.165, 1.54) is 6.42 Å². The molecule has 0 saturated carbocycles. The number of nitrogens with two attached hydrogens (primary N) is 1. The Kier molecular flexibility index (Phi) is 3.38. The molecule has 2 N–H and O–H groups in total. The van der Waals surface area contributed by atoms with Gasteiger partial charge in [0.25, 0.3) is 0 Å². The van der Waals surface area contributed by atoms with Crippen LogP contribution < -0.4 is 5.73 Å². The van der Waals surface area contributed by atoms with E-state index in [4.69, 9.17) is 5.73 Å². The Morgan fingerprint density at radius 3 is 2.93 bits per heavy atom. The molecule has 0 radical (unpaired) electrons. The van der Waals surface area contributed by atoms with Crippen molar-refractivity contribution in [3.05, 3.63) is 18.5 Å². The van der Waals surface area contributed by atoms with Crippen molar-refractivity contribution < 1.29 is 0 Å². The summed E-state index contributed by atoms with van der Waals surface area (Å²) in [5.41, 5.74) is 5.70. The van der Waals surface area contributed by atoms with Crippen molar-refractivity contribution in [2.45, 2.75) is 25.9 Å². The fourth-order valence-electron chi connectivity index (χ4n) is 2.36. The van der Waals surface area contributed by atoms with E-state index in [-0.39, 0.29) is 0 Å². The minimum atomic E-state index is 0.675. The zero-order valence-corrected chi connectivity index (χ0v) is 9.34. The Labute approximate surface area is 91.1 Å². The highest BCUT2D eigenvalue weighted by Crippen LogP contribution is 2.21. The van der Waals surface area contributed by atoms with Crippen LogP contribution in [0.25, 0.3) is 0 Å². The van der Waals surface area contributed by atoms with Gasteiger partial charge in [-0.3, -0.25) is 9.58 Å². The minimum absolute atomic E-state index is 0.675. The van der Waals surface area contributed by atoms with Crippen molar-refractivity contribution in [1.29, 1.82) is 0 Å². The van der Waals surface area contributed by atoms with Crippen LogP contribution >= 0.6 is 0 Å². The lowest BCUT2D eigenvalue weighted by atomic mass is 10.1. The maximum absolute atomic E-state index is 5.70. The highest BCUT2D eigenvalue weighted by molar-refractivity contribution is 4.83. The number of aromatic nitrogens is 2. The average Bonchev–Trinajstić information content (AvgIpc) is 2.84. The van der Waals surface area contributed by atoms with Crippen LogP contribution in [0.5, 0.6) is 0 Å². The van der Waals surface area contributed by atoms with Gasteiger partial charge in [0.15, 0.2) is 0 Å². The first-order chi connectivity index (χ1) is 7.29. The SMILES string of the molecule is CC1CC(CN)CN1CCn1cccn1. The molecular weight excluding hydrogens is 188 g/mol. The molecule has 0 aromatic carbocycles. The van der Waals surface area contributed by atoms with E-state index < -0.39 is 0 Å². The summed E-state index contributed by atoms with van der Waals surface area (Å²) in [6.07, 6.45) is 5.09. The van der Waals surface area contributed by atoms with Gasteiger partial charge >= 0.3 is 0 Å². The van der Waals surface area contributed by atoms with Crippen LogP contribution in [0.15, 0.2) is 18.5 Å². The number of likely N-dealkylation sites (tertiary alicyclic amines) is 1. The van der Waals surface area contributed by atoms with E-state index in [9.17, 15) is 0 Å². The number of rotatable bonds is 4. The van der Waals surface area contributed by atoms with Crippen LogP contribution in [0.2, 0.25) is 0 Å². The Balaban J connectivity index is 1.80. The van der Waals surface area contributed by atoms with Crippen molar-refractivity contribution in [2.75, 3.05) is 19.6 Å². The van der Waals surface area contributed by atoms with E-state index >= 15 is 0 Å². The second-order valence-corrected chi connectivity index (χ2v) is 4.45. The summed E-state index contributed by atoms with van der Waals surface area (Å²) in [5, 5.41) is 4.21. The van der Waals surface area contributed by atoms with Gasteiger partial charge in [0.1, 0.15) is 0 Å². The molecule has 0 aliphatic carbocycles. The molecule has 1 fully saturated rings. The van der Waals surface area contributed by atoms with Crippen molar-refractivity contribution in [1.82, 2.24) is 14.7 Å². The van der Waals surface area contributed by atoms with Gasteiger partial charge in [0, 0.05) is 31.5 Å². The molecule has 84 valence electrons. The van der Waals surface area contributed by atoms with Crippen molar-refractivity contribution >= 4 is 0 Å². The molecule has 1 saturated heterocycles. The van der Waals surface area contributed by atoms with Gasteiger partial charge in [0.05, 0.1) is 6.54 Å². The van der Waals surface area contributed by atoms with Crippen LogP contribution in [0.4, 0.5) is 0 Å². The van der Waals surface area contributed by atoms with E-state index in [1.54, 1.807) is 0 Å². The third-order valence-corrected chi connectivity index (χ3v) is 3.30. The van der Waals surface area contributed by atoms with Gasteiger partial charge in [-0.25, -0.2) is 0 Å². The van der Waals surface area contributed by atoms with E-state index in [0.717, 1.165) is 26.2 Å². The van der Waals surface area contributed by atoms with Gasteiger partial charge in [0.2, 0.25) is 0 Å². The largest absolute Gasteiger partial charge is 0.330 e. The minimum Gasteiger partial charge on any atom is -0.330 e. The molecule has 4 nitrogen and oxygen atoms in total. The summed E-state index contributed by atoms with van der Waals surface area (Å²) in [4.78, 5) is 2.51. The lowest BCUT2D eigenvalue weighted by Crippen LogP contribution is -2.31. The van der Waals surface area contributed by atoms with Crippen LogP contribution in [0, 0.1) is 5.92 Å². The first-order valence-corrected chi connectivity index (χ1v) is 5.71. The molecule has 1 aliphatic rings. The van der Waals surface area contributed by atoms with Crippen LogP contribution in [0.1, 0.15) is 13.3 Å². The standard InChI is InChI=1S/C11H20N4/c1-10-7-11(8-12)9-14(10)5-6-15-4-2-3-13-15/h2-4,10-11H,5-9,12H2,1H3. The molecule has 0 amide bonds. The van der Waals surface area contributed by atoms with Gasteiger partial charge in [-0.15, -0.1) is 0 Å².